The number of hydrogen-bond acceptors (Lipinski definition) is 4. The van der Waals surface area contributed by atoms with Gasteiger partial charge in [-0.25, -0.2) is 0 Å². The van der Waals surface area contributed by atoms with E-state index in [4.69, 9.17) is 12.2 Å². The summed E-state index contributed by atoms with van der Waals surface area (Å²) in [5, 5.41) is 6.95. The molecular weight excluding hydrogens is 280 g/mol. The first-order valence-corrected chi connectivity index (χ1v) is 7.85. The molecule has 2 heterocycles. The van der Waals surface area contributed by atoms with Crippen molar-refractivity contribution in [2.75, 3.05) is 18.0 Å². The van der Waals surface area contributed by atoms with Gasteiger partial charge in [-0.1, -0.05) is 30.3 Å². The lowest BCUT2D eigenvalue weighted by molar-refractivity contribution is 0.401. The number of piperidine rings is 1. The highest BCUT2D eigenvalue weighted by Crippen LogP contribution is 2.25. The molecule has 1 aromatic carbocycles. The lowest BCUT2D eigenvalue weighted by Crippen LogP contribution is -2.35. The number of nitrogens with one attached hydrogen (secondary N) is 1. The van der Waals surface area contributed by atoms with Crippen LogP contribution in [0.4, 0.5) is 5.82 Å². The molecule has 1 N–H and O–H groups in total. The Hall–Kier alpha value is -1.75. The number of aromatic nitrogens is 3. The Bertz CT molecular complexity index is 645. The van der Waals surface area contributed by atoms with Crippen LogP contribution in [-0.4, -0.2) is 28.3 Å². The van der Waals surface area contributed by atoms with E-state index in [2.05, 4.69) is 50.4 Å². The van der Waals surface area contributed by atoms with Crippen molar-refractivity contribution in [2.45, 2.75) is 26.2 Å². The zero-order valence-electron chi connectivity index (χ0n) is 12.2. The van der Waals surface area contributed by atoms with Gasteiger partial charge in [0.2, 0.25) is 4.77 Å². The van der Waals surface area contributed by atoms with Crippen LogP contribution < -0.4 is 4.90 Å². The lowest BCUT2D eigenvalue weighted by Gasteiger charge is -2.33. The van der Waals surface area contributed by atoms with E-state index < -0.39 is 0 Å². The SMILES string of the molecule is Cc1n[nH]c(=S)nc1N1CCC(Cc2ccccc2)CC1. The number of nitrogens with zero attached hydrogens (tertiary/aromatic N) is 3. The number of hydrogen-bond donors (Lipinski definition) is 1. The fraction of sp³-hybridized carbons (Fsp3) is 0.438. The van der Waals surface area contributed by atoms with Gasteiger partial charge < -0.3 is 4.90 Å². The molecule has 0 spiro atoms. The van der Waals surface area contributed by atoms with Gasteiger partial charge in [-0.15, -0.1) is 0 Å². The average molecular weight is 300 g/mol. The molecule has 4 nitrogen and oxygen atoms in total. The van der Waals surface area contributed by atoms with Gasteiger partial charge in [0, 0.05) is 13.1 Å². The molecule has 0 bridgehead atoms. The number of H-pyrrole nitrogens is 1. The van der Waals surface area contributed by atoms with Crippen molar-refractivity contribution in [3.8, 4) is 0 Å². The van der Waals surface area contributed by atoms with Crippen LogP contribution in [0.2, 0.25) is 0 Å². The molecule has 0 atom stereocenters. The van der Waals surface area contributed by atoms with Gasteiger partial charge in [0.15, 0.2) is 5.82 Å². The molecule has 1 saturated heterocycles. The van der Waals surface area contributed by atoms with Gasteiger partial charge in [-0.05, 0) is 49.9 Å². The molecule has 1 aromatic heterocycles. The fourth-order valence-corrected chi connectivity index (χ4v) is 3.11. The van der Waals surface area contributed by atoms with E-state index in [-0.39, 0.29) is 0 Å². The van der Waals surface area contributed by atoms with Gasteiger partial charge in [-0.2, -0.15) is 10.1 Å². The van der Waals surface area contributed by atoms with Crippen molar-refractivity contribution in [2.24, 2.45) is 5.92 Å². The van der Waals surface area contributed by atoms with Crippen LogP contribution in [0.3, 0.4) is 0 Å². The van der Waals surface area contributed by atoms with E-state index in [1.807, 2.05) is 6.92 Å². The quantitative estimate of drug-likeness (QED) is 0.883. The summed E-state index contributed by atoms with van der Waals surface area (Å²) >= 11 is 5.08. The van der Waals surface area contributed by atoms with Crippen LogP contribution in [0.1, 0.15) is 24.1 Å². The second kappa shape index (κ2) is 6.35. The van der Waals surface area contributed by atoms with E-state index in [1.54, 1.807) is 0 Å². The zero-order chi connectivity index (χ0) is 14.7. The molecule has 0 amide bonds. The maximum absolute atomic E-state index is 5.08. The van der Waals surface area contributed by atoms with Crippen LogP contribution in [0.25, 0.3) is 0 Å². The molecular formula is C16H20N4S. The third-order valence-electron chi connectivity index (χ3n) is 4.13. The van der Waals surface area contributed by atoms with E-state index >= 15 is 0 Å². The predicted molar refractivity (Wildman–Crippen MR) is 87.0 cm³/mol. The summed E-state index contributed by atoms with van der Waals surface area (Å²) < 4.78 is 0.460. The summed E-state index contributed by atoms with van der Waals surface area (Å²) in [7, 11) is 0. The number of rotatable bonds is 3. The minimum Gasteiger partial charge on any atom is -0.355 e. The highest BCUT2D eigenvalue weighted by Gasteiger charge is 2.21. The molecule has 1 fully saturated rings. The summed E-state index contributed by atoms with van der Waals surface area (Å²) in [6, 6.07) is 10.8. The van der Waals surface area contributed by atoms with Gasteiger partial charge >= 0.3 is 0 Å². The molecule has 0 aliphatic carbocycles. The maximum atomic E-state index is 5.08. The molecule has 0 unspecified atom stereocenters. The van der Waals surface area contributed by atoms with Crippen molar-refractivity contribution in [3.63, 3.8) is 0 Å². The summed E-state index contributed by atoms with van der Waals surface area (Å²) in [6.07, 6.45) is 3.57. The highest BCUT2D eigenvalue weighted by atomic mass is 32.1. The first kappa shape index (κ1) is 14.2. The molecule has 110 valence electrons. The molecule has 3 rings (SSSR count). The molecule has 0 radical (unpaired) electrons. The summed E-state index contributed by atoms with van der Waals surface area (Å²) in [5.41, 5.74) is 2.36. The van der Waals surface area contributed by atoms with E-state index in [9.17, 15) is 0 Å². The number of benzene rings is 1. The van der Waals surface area contributed by atoms with Crippen molar-refractivity contribution in [3.05, 3.63) is 46.4 Å². The Morgan fingerprint density at radius 2 is 1.95 bits per heavy atom. The van der Waals surface area contributed by atoms with E-state index in [0.717, 1.165) is 30.5 Å². The summed E-state index contributed by atoms with van der Waals surface area (Å²) in [6.45, 7) is 4.04. The number of aryl methyl sites for hydroxylation is 1. The number of aromatic amines is 1. The molecule has 1 aliphatic heterocycles. The predicted octanol–water partition coefficient (Wildman–Crippen LogP) is 3.30. The Kier molecular flexibility index (Phi) is 4.29. The molecule has 21 heavy (non-hydrogen) atoms. The summed E-state index contributed by atoms with van der Waals surface area (Å²) in [4.78, 5) is 6.74. The normalized spacial score (nSPS) is 16.1. The maximum Gasteiger partial charge on any atom is 0.215 e. The lowest BCUT2D eigenvalue weighted by atomic mass is 9.90. The molecule has 2 aromatic rings. The minimum absolute atomic E-state index is 0.460. The third kappa shape index (κ3) is 3.47. The van der Waals surface area contributed by atoms with Crippen LogP contribution in [-0.2, 0) is 6.42 Å². The standard InChI is InChI=1S/C16H20N4S/c1-12-15(17-16(21)19-18-12)20-9-7-14(8-10-20)11-13-5-3-2-4-6-13/h2-6,14H,7-11H2,1H3,(H,17,19,21). The van der Waals surface area contributed by atoms with Gasteiger partial charge in [0.25, 0.3) is 0 Å². The molecule has 5 heteroatoms. The van der Waals surface area contributed by atoms with Crippen molar-refractivity contribution < 1.29 is 0 Å². The molecule has 1 aliphatic rings. The second-order valence-electron chi connectivity index (χ2n) is 5.67. The van der Waals surface area contributed by atoms with Gasteiger partial charge in [-0.3, -0.25) is 5.10 Å². The smallest absolute Gasteiger partial charge is 0.215 e. The Morgan fingerprint density at radius 1 is 1.24 bits per heavy atom. The van der Waals surface area contributed by atoms with Gasteiger partial charge in [0.05, 0.1) is 0 Å². The first-order valence-electron chi connectivity index (χ1n) is 7.44. The van der Waals surface area contributed by atoms with Crippen molar-refractivity contribution in [1.82, 2.24) is 15.2 Å². The van der Waals surface area contributed by atoms with Crippen LogP contribution in [0, 0.1) is 17.6 Å². The highest BCUT2D eigenvalue weighted by molar-refractivity contribution is 7.71. The van der Waals surface area contributed by atoms with E-state index in [1.165, 1.54) is 24.8 Å². The van der Waals surface area contributed by atoms with Gasteiger partial charge in [0.1, 0.15) is 5.69 Å². The summed E-state index contributed by atoms with van der Waals surface area (Å²) in [5.74, 6) is 1.70. The van der Waals surface area contributed by atoms with Crippen molar-refractivity contribution >= 4 is 18.0 Å². The molecule has 0 saturated carbocycles. The second-order valence-corrected chi connectivity index (χ2v) is 6.06. The average Bonchev–Trinajstić information content (AvgIpc) is 2.52. The van der Waals surface area contributed by atoms with Crippen LogP contribution >= 0.6 is 12.2 Å². The van der Waals surface area contributed by atoms with Crippen LogP contribution in [0.15, 0.2) is 30.3 Å². The zero-order valence-corrected chi connectivity index (χ0v) is 13.1. The minimum atomic E-state index is 0.460. The topological polar surface area (TPSA) is 44.8 Å². The van der Waals surface area contributed by atoms with E-state index in [0.29, 0.717) is 4.77 Å². The Morgan fingerprint density at radius 3 is 2.67 bits per heavy atom. The van der Waals surface area contributed by atoms with Crippen molar-refractivity contribution in [1.29, 1.82) is 0 Å². The number of anilines is 1. The third-order valence-corrected chi connectivity index (χ3v) is 4.31. The largest absolute Gasteiger partial charge is 0.355 e. The Labute approximate surface area is 130 Å². The Balaban J connectivity index is 1.62. The monoisotopic (exact) mass is 300 g/mol. The van der Waals surface area contributed by atoms with Crippen LogP contribution in [0.5, 0.6) is 0 Å². The fourth-order valence-electron chi connectivity index (χ4n) is 2.98. The first-order chi connectivity index (χ1) is 10.2.